The van der Waals surface area contributed by atoms with Crippen molar-refractivity contribution >= 4 is 23.5 Å². The normalized spacial score (nSPS) is 14.4. The molecule has 4 N–H and O–H groups in total. The molecule has 0 aliphatic carbocycles. The fourth-order valence-corrected chi connectivity index (χ4v) is 2.59. The Morgan fingerprint density at radius 3 is 2.14 bits per heavy atom. The molecule has 8 nitrogen and oxygen atoms in total. The lowest BCUT2D eigenvalue weighted by Crippen LogP contribution is -2.50. The van der Waals surface area contributed by atoms with Gasteiger partial charge in [-0.2, -0.15) is 13.2 Å². The number of amides is 3. The second kappa shape index (κ2) is 13.1. The molecule has 11 heteroatoms. The number of carbonyl (C=O) groups is 4. The van der Waals surface area contributed by atoms with Gasteiger partial charge in [-0.1, -0.05) is 20.3 Å². The standard InChI is InChI=1S/C18H31F3N4O4/c1-5-11(2)15(22-4)16(28)24-10-14(27)25-13(12(3)26)8-6-7-9-23-17(29)18(19,20)21/h11,13,15,22H,5-10H2,1-4H3,(H,23,29)(H,24,28)(H,25,27)/t11?,13-,15-/m0/s1. The Bertz CT molecular complexity index is 570. The number of halogens is 3. The highest BCUT2D eigenvalue weighted by Gasteiger charge is 2.38. The number of alkyl halides is 3. The third-order valence-electron chi connectivity index (χ3n) is 4.52. The van der Waals surface area contributed by atoms with Crippen molar-refractivity contribution < 1.29 is 32.3 Å². The van der Waals surface area contributed by atoms with Gasteiger partial charge in [0.15, 0.2) is 5.78 Å². The fraction of sp³-hybridized carbons (Fsp3) is 0.778. The van der Waals surface area contributed by atoms with E-state index >= 15 is 0 Å². The van der Waals surface area contributed by atoms with Gasteiger partial charge in [0.05, 0.1) is 18.6 Å². The lowest BCUT2D eigenvalue weighted by Gasteiger charge is -2.22. The van der Waals surface area contributed by atoms with Gasteiger partial charge in [0.1, 0.15) is 0 Å². The number of ketones is 1. The van der Waals surface area contributed by atoms with Crippen molar-refractivity contribution in [1.29, 1.82) is 0 Å². The molecule has 29 heavy (non-hydrogen) atoms. The molecule has 168 valence electrons. The third kappa shape index (κ3) is 10.8. The second-order valence-electron chi connectivity index (χ2n) is 6.85. The highest BCUT2D eigenvalue weighted by Crippen LogP contribution is 2.14. The van der Waals surface area contributed by atoms with Crippen LogP contribution in [0.3, 0.4) is 0 Å². The van der Waals surface area contributed by atoms with E-state index in [2.05, 4.69) is 16.0 Å². The van der Waals surface area contributed by atoms with Crippen LogP contribution in [0, 0.1) is 5.92 Å². The van der Waals surface area contributed by atoms with Crippen LogP contribution in [0.15, 0.2) is 0 Å². The minimum atomic E-state index is -4.93. The molecule has 0 aromatic carbocycles. The molecule has 0 heterocycles. The molecule has 0 radical (unpaired) electrons. The van der Waals surface area contributed by atoms with Crippen LogP contribution in [0.5, 0.6) is 0 Å². The van der Waals surface area contributed by atoms with Crippen molar-refractivity contribution in [3.8, 4) is 0 Å². The number of likely N-dealkylation sites (N-methyl/N-ethyl adjacent to an activating group) is 1. The van der Waals surface area contributed by atoms with Crippen LogP contribution >= 0.6 is 0 Å². The van der Waals surface area contributed by atoms with Gasteiger partial charge < -0.3 is 21.3 Å². The highest BCUT2D eigenvalue weighted by molar-refractivity contribution is 5.91. The first-order valence-electron chi connectivity index (χ1n) is 9.53. The molecular weight excluding hydrogens is 393 g/mol. The van der Waals surface area contributed by atoms with Gasteiger partial charge in [-0.3, -0.25) is 19.2 Å². The van der Waals surface area contributed by atoms with E-state index < -0.39 is 30.1 Å². The maximum absolute atomic E-state index is 12.1. The van der Waals surface area contributed by atoms with Gasteiger partial charge >= 0.3 is 12.1 Å². The molecule has 0 rings (SSSR count). The second-order valence-corrected chi connectivity index (χ2v) is 6.85. The van der Waals surface area contributed by atoms with Crippen LogP contribution in [0.4, 0.5) is 13.2 Å². The van der Waals surface area contributed by atoms with E-state index in [4.69, 9.17) is 0 Å². The predicted molar refractivity (Wildman–Crippen MR) is 101 cm³/mol. The summed E-state index contributed by atoms with van der Waals surface area (Å²) in [7, 11) is 1.65. The van der Waals surface area contributed by atoms with E-state index in [1.54, 1.807) is 12.4 Å². The zero-order valence-corrected chi connectivity index (χ0v) is 17.2. The topological polar surface area (TPSA) is 116 Å². The van der Waals surface area contributed by atoms with E-state index in [0.717, 1.165) is 6.42 Å². The van der Waals surface area contributed by atoms with Gasteiger partial charge in [-0.15, -0.1) is 0 Å². The Kier molecular flexibility index (Phi) is 12.1. The summed E-state index contributed by atoms with van der Waals surface area (Å²) >= 11 is 0. The molecule has 0 spiro atoms. The van der Waals surface area contributed by atoms with Crippen LogP contribution in [0.25, 0.3) is 0 Å². The van der Waals surface area contributed by atoms with E-state index in [0.29, 0.717) is 6.42 Å². The summed E-state index contributed by atoms with van der Waals surface area (Å²) in [5.41, 5.74) is 0. The third-order valence-corrected chi connectivity index (χ3v) is 4.52. The number of rotatable bonds is 13. The Labute approximate surface area is 168 Å². The molecule has 0 aliphatic heterocycles. The number of hydrogen-bond acceptors (Lipinski definition) is 5. The van der Waals surface area contributed by atoms with Crippen molar-refractivity contribution in [2.45, 2.75) is 64.7 Å². The number of nitrogens with one attached hydrogen (secondary N) is 4. The summed E-state index contributed by atoms with van der Waals surface area (Å²) in [6.07, 6.45) is -3.40. The number of Topliss-reactive ketones (excluding diaryl/α,β-unsaturated/α-hetero) is 1. The van der Waals surface area contributed by atoms with Crippen molar-refractivity contribution in [3.05, 3.63) is 0 Å². The molecule has 0 aliphatic rings. The van der Waals surface area contributed by atoms with Crippen LogP contribution in [-0.4, -0.2) is 61.9 Å². The average Bonchev–Trinajstić information content (AvgIpc) is 2.64. The summed E-state index contributed by atoms with van der Waals surface area (Å²) in [5.74, 6) is -3.11. The molecule has 0 saturated heterocycles. The monoisotopic (exact) mass is 424 g/mol. The molecule has 3 atom stereocenters. The molecule has 0 aromatic rings. The minimum absolute atomic E-state index is 0.0749. The first kappa shape index (κ1) is 26.8. The molecule has 0 bridgehead atoms. The van der Waals surface area contributed by atoms with Gasteiger partial charge in [0, 0.05) is 6.54 Å². The Morgan fingerprint density at radius 2 is 1.66 bits per heavy atom. The molecule has 0 saturated carbocycles. The van der Waals surface area contributed by atoms with Crippen LogP contribution < -0.4 is 21.3 Å². The summed E-state index contributed by atoms with van der Waals surface area (Å²) in [4.78, 5) is 46.5. The Morgan fingerprint density at radius 1 is 1.03 bits per heavy atom. The molecule has 3 amide bonds. The molecular formula is C18H31F3N4O4. The summed E-state index contributed by atoms with van der Waals surface area (Å²) in [5, 5.41) is 9.66. The maximum Gasteiger partial charge on any atom is 0.471 e. The quantitative estimate of drug-likeness (QED) is 0.324. The van der Waals surface area contributed by atoms with E-state index in [1.807, 2.05) is 13.8 Å². The number of unbranched alkanes of at least 4 members (excludes halogenated alkanes) is 1. The van der Waals surface area contributed by atoms with Crippen LogP contribution in [0.2, 0.25) is 0 Å². The molecule has 0 fully saturated rings. The Hall–Kier alpha value is -2.17. The van der Waals surface area contributed by atoms with Crippen LogP contribution in [0.1, 0.15) is 46.5 Å². The zero-order valence-electron chi connectivity index (χ0n) is 17.2. The SMILES string of the molecule is CCC(C)[C@H](NC)C(=O)NCC(=O)N[C@@H](CCCCNC(=O)C(F)(F)F)C(C)=O. The molecule has 1 unspecified atom stereocenters. The number of hydrogen-bond donors (Lipinski definition) is 4. The molecule has 0 aromatic heterocycles. The zero-order chi connectivity index (χ0) is 22.6. The van der Waals surface area contributed by atoms with Crippen molar-refractivity contribution in [1.82, 2.24) is 21.3 Å². The first-order valence-corrected chi connectivity index (χ1v) is 9.53. The summed E-state index contributed by atoms with van der Waals surface area (Å²) in [6, 6.07) is -1.25. The lowest BCUT2D eigenvalue weighted by molar-refractivity contribution is -0.173. The van der Waals surface area contributed by atoms with Gasteiger partial charge in [0.25, 0.3) is 0 Å². The first-order chi connectivity index (χ1) is 13.4. The van der Waals surface area contributed by atoms with Crippen molar-refractivity contribution in [2.75, 3.05) is 20.1 Å². The van der Waals surface area contributed by atoms with E-state index in [9.17, 15) is 32.3 Å². The minimum Gasteiger partial charge on any atom is -0.348 e. The van der Waals surface area contributed by atoms with Crippen LogP contribution in [-0.2, 0) is 19.2 Å². The largest absolute Gasteiger partial charge is 0.471 e. The smallest absolute Gasteiger partial charge is 0.348 e. The average molecular weight is 424 g/mol. The van der Waals surface area contributed by atoms with E-state index in [-0.39, 0.29) is 43.5 Å². The lowest BCUT2D eigenvalue weighted by atomic mass is 9.98. The van der Waals surface area contributed by atoms with Crippen molar-refractivity contribution in [2.24, 2.45) is 5.92 Å². The van der Waals surface area contributed by atoms with Crippen molar-refractivity contribution in [3.63, 3.8) is 0 Å². The van der Waals surface area contributed by atoms with Gasteiger partial charge in [-0.25, -0.2) is 0 Å². The fourth-order valence-electron chi connectivity index (χ4n) is 2.59. The van der Waals surface area contributed by atoms with Gasteiger partial charge in [0.2, 0.25) is 11.8 Å². The Balaban J connectivity index is 4.35. The van der Waals surface area contributed by atoms with E-state index in [1.165, 1.54) is 6.92 Å². The summed E-state index contributed by atoms with van der Waals surface area (Å²) in [6.45, 7) is 4.66. The summed E-state index contributed by atoms with van der Waals surface area (Å²) < 4.78 is 36.2. The van der Waals surface area contributed by atoms with Gasteiger partial charge in [-0.05, 0) is 39.2 Å². The predicted octanol–water partition coefficient (Wildman–Crippen LogP) is 0.659. The maximum atomic E-state index is 12.1. The highest BCUT2D eigenvalue weighted by atomic mass is 19.4. The number of carbonyl (C=O) groups excluding carboxylic acids is 4.